The second-order valence-corrected chi connectivity index (χ2v) is 29.4. The molecule has 25 heteroatoms. The molecular weight excluding hydrogens is 1240 g/mol. The Morgan fingerprint density at radius 3 is 1.28 bits per heavy atom. The molecular formula is C74H104N22O3. The highest BCUT2D eigenvalue weighted by Crippen LogP contribution is 2.35. The third kappa shape index (κ3) is 21.7. The van der Waals surface area contributed by atoms with Crippen LogP contribution in [0.3, 0.4) is 0 Å². The number of carbonyl (C=O) groups is 3. The molecule has 3 aromatic carbocycles. The highest BCUT2D eigenvalue weighted by Gasteiger charge is 2.28. The SMILES string of the molecule is C#Cc1c(N[C@@H]2CCNC2)nc(Nc2cc(C(=O)NC)ccc2C)nc1N(C)CC(C)(C)C.CNC(=O)c1ccc(C)c(Nc2nc(N(C)CC(C)(C)C)nc(N[C@@H]3CCNC3)c2C#N)c1.CNC(=O)c1ccc(C)c(Nc2nc(NC3CCCC3)nc(N(C)CC(C)(C)C)c2C#N)c1. The fourth-order valence-electron chi connectivity index (χ4n) is 12.0. The van der Waals surface area contributed by atoms with E-state index in [2.05, 4.69) is 144 Å². The first-order chi connectivity index (χ1) is 46.8. The number of benzene rings is 3. The molecule has 1 saturated carbocycles. The van der Waals surface area contributed by atoms with Crippen LogP contribution < -0.4 is 73.2 Å². The monoisotopic (exact) mass is 1350 g/mol. The molecule has 0 bridgehead atoms. The van der Waals surface area contributed by atoms with Gasteiger partial charge in [0.05, 0.1) is 0 Å². The number of aryl methyl sites for hydroxylation is 3. The predicted octanol–water partition coefficient (Wildman–Crippen LogP) is 10.7. The average molecular weight is 1350 g/mol. The first-order valence-corrected chi connectivity index (χ1v) is 34.0. The van der Waals surface area contributed by atoms with Gasteiger partial charge in [0, 0.05) is 127 Å². The van der Waals surface area contributed by atoms with Crippen molar-refractivity contribution in [3.63, 3.8) is 0 Å². The fraction of sp³-hybridized carbons (Fsp3) is 0.500. The molecule has 0 radical (unpaired) electrons. The summed E-state index contributed by atoms with van der Waals surface area (Å²) in [6, 6.07) is 21.7. The third-order valence-electron chi connectivity index (χ3n) is 16.7. The lowest BCUT2D eigenvalue weighted by Crippen LogP contribution is -2.31. The van der Waals surface area contributed by atoms with Crippen molar-refractivity contribution in [3.05, 3.63) is 105 Å². The summed E-state index contributed by atoms with van der Waals surface area (Å²) in [5.74, 6) is 7.05. The normalized spacial score (nSPS) is 15.1. The van der Waals surface area contributed by atoms with Gasteiger partial charge in [-0.25, -0.2) is 0 Å². The van der Waals surface area contributed by atoms with Crippen LogP contribution >= 0.6 is 0 Å². The summed E-state index contributed by atoms with van der Waals surface area (Å²) >= 11 is 0. The number of hydrogen-bond donors (Lipinski definition) is 11. The second kappa shape index (κ2) is 34.0. The molecule has 2 saturated heterocycles. The van der Waals surface area contributed by atoms with Crippen LogP contribution in [-0.4, -0.2) is 154 Å². The summed E-state index contributed by atoms with van der Waals surface area (Å²) in [4.78, 5) is 70.9. The predicted molar refractivity (Wildman–Crippen MR) is 401 cm³/mol. The van der Waals surface area contributed by atoms with Gasteiger partial charge in [-0.15, -0.1) is 6.42 Å². The van der Waals surface area contributed by atoms with Crippen LogP contribution in [0.1, 0.15) is 165 Å². The van der Waals surface area contributed by atoms with Crippen LogP contribution in [-0.2, 0) is 0 Å². The van der Waals surface area contributed by atoms with E-state index >= 15 is 0 Å². The largest absolute Gasteiger partial charge is 0.365 e. The molecule has 3 aromatic heterocycles. The van der Waals surface area contributed by atoms with Gasteiger partial charge in [0.2, 0.25) is 17.8 Å². The second-order valence-electron chi connectivity index (χ2n) is 29.4. The minimum atomic E-state index is -0.178. The quantitative estimate of drug-likeness (QED) is 0.0298. The molecule has 5 heterocycles. The Morgan fingerprint density at radius 2 is 0.879 bits per heavy atom. The molecule has 1 aliphatic carbocycles. The summed E-state index contributed by atoms with van der Waals surface area (Å²) in [5, 5.41) is 55.1. The van der Waals surface area contributed by atoms with E-state index in [9.17, 15) is 24.9 Å². The van der Waals surface area contributed by atoms with E-state index in [0.29, 0.717) is 97.9 Å². The van der Waals surface area contributed by atoms with Gasteiger partial charge in [0.1, 0.15) is 34.6 Å². The van der Waals surface area contributed by atoms with E-state index in [4.69, 9.17) is 36.3 Å². The van der Waals surface area contributed by atoms with Crippen molar-refractivity contribution >= 4 is 87.5 Å². The highest BCUT2D eigenvalue weighted by molar-refractivity contribution is 5.97. The lowest BCUT2D eigenvalue weighted by Gasteiger charge is -2.29. The van der Waals surface area contributed by atoms with Crippen molar-refractivity contribution < 1.29 is 14.4 Å². The molecule has 2 aliphatic heterocycles. The van der Waals surface area contributed by atoms with Crippen LogP contribution in [0.2, 0.25) is 0 Å². The Hall–Kier alpha value is -10.0. The number of carbonyl (C=O) groups excluding carboxylic acids is 3. The minimum absolute atomic E-state index is 0.0253. The Labute approximate surface area is 586 Å². The van der Waals surface area contributed by atoms with Crippen LogP contribution in [0.15, 0.2) is 54.6 Å². The molecule has 9 rings (SSSR count). The number of hydrogen-bond acceptors (Lipinski definition) is 22. The Bertz CT molecular complexity index is 3840. The number of anilines is 12. The summed E-state index contributed by atoms with van der Waals surface area (Å²) < 4.78 is 0. The van der Waals surface area contributed by atoms with Gasteiger partial charge in [-0.05, 0) is 129 Å². The molecule has 99 heavy (non-hydrogen) atoms. The Morgan fingerprint density at radius 1 is 0.495 bits per heavy atom. The number of aromatic nitrogens is 6. The van der Waals surface area contributed by atoms with Crippen LogP contribution in [0.5, 0.6) is 0 Å². The third-order valence-corrected chi connectivity index (χ3v) is 16.7. The smallest absolute Gasteiger partial charge is 0.251 e. The van der Waals surface area contributed by atoms with E-state index in [0.717, 1.165) is 99.6 Å². The molecule has 2 atom stereocenters. The molecule has 3 amide bonds. The van der Waals surface area contributed by atoms with Gasteiger partial charge in [0.25, 0.3) is 17.7 Å². The molecule has 528 valence electrons. The number of rotatable bonds is 21. The zero-order chi connectivity index (χ0) is 72.5. The number of nitrogens with zero attached hydrogens (tertiary/aromatic N) is 11. The molecule has 3 fully saturated rings. The molecule has 3 aliphatic rings. The Balaban J connectivity index is 0.000000209. The number of nitrogens with one attached hydrogen (secondary N) is 11. The first-order valence-electron chi connectivity index (χ1n) is 34.0. The van der Waals surface area contributed by atoms with Crippen LogP contribution in [0, 0.1) is 72.0 Å². The zero-order valence-corrected chi connectivity index (χ0v) is 61.3. The van der Waals surface area contributed by atoms with Gasteiger partial charge in [-0.3, -0.25) is 14.4 Å². The van der Waals surface area contributed by atoms with Crippen molar-refractivity contribution in [2.75, 3.05) is 135 Å². The number of amides is 3. The lowest BCUT2D eigenvalue weighted by molar-refractivity contribution is 0.0955. The lowest BCUT2D eigenvalue weighted by atomic mass is 9.96. The summed E-state index contributed by atoms with van der Waals surface area (Å²) in [5.41, 5.74) is 8.18. The zero-order valence-electron chi connectivity index (χ0n) is 61.3. The minimum Gasteiger partial charge on any atom is -0.365 e. The van der Waals surface area contributed by atoms with E-state index < -0.39 is 0 Å². The van der Waals surface area contributed by atoms with Crippen molar-refractivity contribution in [2.45, 2.75) is 140 Å². The van der Waals surface area contributed by atoms with E-state index in [1.54, 1.807) is 57.5 Å². The summed E-state index contributed by atoms with van der Waals surface area (Å²) in [6.07, 6.45) is 12.5. The average Bonchev–Trinajstić information content (AvgIpc) is 1.47. The van der Waals surface area contributed by atoms with E-state index in [1.807, 2.05) is 69.9 Å². The van der Waals surface area contributed by atoms with Crippen molar-refractivity contribution in [1.82, 2.24) is 56.5 Å². The van der Waals surface area contributed by atoms with Gasteiger partial charge in [-0.1, -0.05) is 99.3 Å². The van der Waals surface area contributed by atoms with Crippen LogP contribution in [0.4, 0.5) is 69.8 Å². The molecule has 0 unspecified atom stereocenters. The van der Waals surface area contributed by atoms with E-state index in [-0.39, 0.29) is 46.1 Å². The first kappa shape index (κ1) is 76.3. The maximum atomic E-state index is 12.1. The number of nitriles is 2. The molecule has 0 spiro atoms. The van der Waals surface area contributed by atoms with Crippen molar-refractivity contribution in [2.24, 2.45) is 16.2 Å². The molecule has 25 nitrogen and oxygen atoms in total. The highest BCUT2D eigenvalue weighted by atomic mass is 16.2. The fourth-order valence-corrected chi connectivity index (χ4v) is 12.0. The van der Waals surface area contributed by atoms with Gasteiger partial charge >= 0.3 is 0 Å². The van der Waals surface area contributed by atoms with Gasteiger partial charge in [0.15, 0.2) is 29.1 Å². The van der Waals surface area contributed by atoms with Gasteiger partial charge < -0.3 is 73.2 Å². The Kier molecular flexibility index (Phi) is 26.2. The van der Waals surface area contributed by atoms with Crippen molar-refractivity contribution in [1.29, 1.82) is 10.5 Å². The van der Waals surface area contributed by atoms with Gasteiger partial charge in [-0.2, -0.15) is 40.4 Å². The summed E-state index contributed by atoms with van der Waals surface area (Å²) in [7, 11) is 10.7. The van der Waals surface area contributed by atoms with E-state index in [1.165, 1.54) is 12.8 Å². The maximum Gasteiger partial charge on any atom is 0.251 e. The molecule has 6 aromatic rings. The standard InChI is InChI=1S/2C25H35N7O.C24H34N8O/c1-16-11-12-17(23(33)27-5)13-20(16)29-21-19(14-26)22(32(6)15-25(2,3)4)31-24(30-21)28-18-9-7-8-10-18;1-8-19-21(28-18-11-12-27-14-18)30-24(31-22(19)32(7)15-25(3,4)5)29-20-13-17(23(33)26-6)10-9-16(20)2;1-15-7-8-16(22(33)26-5)11-19(15)29-21-18(12-25)20(28-17-9-10-27-13-17)30-23(31-21)32(6)14-24(2,3)4/h11-13,18H,7-10,15H2,1-6H3,(H,27,33)(H2,28,29,30,31);1,9-10,13,18,27H,11-12,14-15H2,2-7H3,(H,26,33)(H2,28,29,30,31);7-8,11,17,27H,9-10,13-14H2,1-6H3,(H,26,33)(H2,28,29,30,31)/t;18-;17-/m.11/s1. The van der Waals surface area contributed by atoms with Crippen LogP contribution in [0.25, 0.3) is 0 Å². The molecule has 11 N–H and O–H groups in total. The topological polar surface area (TPSA) is 318 Å². The number of terminal acetylenes is 1. The van der Waals surface area contributed by atoms with Crippen molar-refractivity contribution in [3.8, 4) is 24.5 Å². The summed E-state index contributed by atoms with van der Waals surface area (Å²) in [6.45, 7) is 31.1. The maximum absolute atomic E-state index is 12.1.